The number of para-hydroxylation sites is 2. The van der Waals surface area contributed by atoms with E-state index in [1.54, 1.807) is 18.2 Å². The van der Waals surface area contributed by atoms with Crippen molar-refractivity contribution in [3.63, 3.8) is 0 Å². The quantitative estimate of drug-likeness (QED) is 0.468. The first-order valence-electron chi connectivity index (χ1n) is 9.38. The summed E-state index contributed by atoms with van der Waals surface area (Å²) in [7, 11) is 0. The van der Waals surface area contributed by atoms with E-state index in [0.717, 1.165) is 37.3 Å². The van der Waals surface area contributed by atoms with Crippen molar-refractivity contribution in [2.45, 2.75) is 18.9 Å². The Balaban J connectivity index is 1.40. The molecule has 4 rings (SSSR count). The molecule has 0 unspecified atom stereocenters. The second kappa shape index (κ2) is 8.14. The number of benzene rings is 1. The number of aromatic nitrogens is 2. The molecular formula is C21H23N5O2. The monoisotopic (exact) mass is 377 g/mol. The lowest BCUT2D eigenvalue weighted by Gasteiger charge is -2.22. The van der Waals surface area contributed by atoms with Gasteiger partial charge in [-0.3, -0.25) is 9.48 Å². The summed E-state index contributed by atoms with van der Waals surface area (Å²) in [6, 6.07) is 11.3. The van der Waals surface area contributed by atoms with E-state index in [0.29, 0.717) is 23.2 Å². The van der Waals surface area contributed by atoms with E-state index in [1.165, 1.54) is 6.08 Å². The smallest absolute Gasteiger partial charge is 0.248 e. The van der Waals surface area contributed by atoms with E-state index in [9.17, 15) is 4.79 Å². The number of nitrogens with zero attached hydrogens (tertiary/aromatic N) is 2. The van der Waals surface area contributed by atoms with Gasteiger partial charge >= 0.3 is 0 Å². The number of nitrogen functional groups attached to an aromatic ring is 1. The zero-order valence-corrected chi connectivity index (χ0v) is 15.5. The van der Waals surface area contributed by atoms with E-state index >= 15 is 0 Å². The van der Waals surface area contributed by atoms with Crippen LogP contribution in [0.1, 0.15) is 24.6 Å². The molecule has 0 spiro atoms. The van der Waals surface area contributed by atoms with Gasteiger partial charge in [0.05, 0.1) is 29.2 Å². The van der Waals surface area contributed by atoms with Crippen LogP contribution in [0.3, 0.4) is 0 Å². The van der Waals surface area contributed by atoms with Crippen molar-refractivity contribution in [3.8, 4) is 11.3 Å². The SMILES string of the molecule is Nc1ccccc1NC(=O)C=Cc1ccc(-c2cnn(C3CCNCC3)c2)o1. The minimum Gasteiger partial charge on any atom is -0.457 e. The molecule has 4 N–H and O–H groups in total. The van der Waals surface area contributed by atoms with Crippen LogP contribution >= 0.6 is 0 Å². The summed E-state index contributed by atoms with van der Waals surface area (Å²) < 4.78 is 7.86. The van der Waals surface area contributed by atoms with E-state index in [4.69, 9.17) is 10.2 Å². The summed E-state index contributed by atoms with van der Waals surface area (Å²) in [5, 5.41) is 10.6. The Labute approximate surface area is 163 Å². The van der Waals surface area contributed by atoms with Gasteiger partial charge in [-0.1, -0.05) is 12.1 Å². The summed E-state index contributed by atoms with van der Waals surface area (Å²) >= 11 is 0. The van der Waals surface area contributed by atoms with Gasteiger partial charge in [0, 0.05) is 12.3 Å². The molecule has 1 amide bonds. The third kappa shape index (κ3) is 4.15. The molecule has 7 nitrogen and oxygen atoms in total. The van der Waals surface area contributed by atoms with Gasteiger partial charge in [0.25, 0.3) is 0 Å². The highest BCUT2D eigenvalue weighted by molar-refractivity contribution is 6.03. The molecule has 28 heavy (non-hydrogen) atoms. The van der Waals surface area contributed by atoms with Crippen molar-refractivity contribution in [1.82, 2.24) is 15.1 Å². The van der Waals surface area contributed by atoms with Crippen LogP contribution < -0.4 is 16.4 Å². The van der Waals surface area contributed by atoms with E-state index in [1.807, 2.05) is 41.3 Å². The minimum absolute atomic E-state index is 0.269. The van der Waals surface area contributed by atoms with Crippen molar-refractivity contribution in [1.29, 1.82) is 0 Å². The van der Waals surface area contributed by atoms with Crippen LogP contribution in [0.2, 0.25) is 0 Å². The Bertz CT molecular complexity index is 982. The number of amides is 1. The van der Waals surface area contributed by atoms with Gasteiger partial charge in [-0.05, 0) is 56.3 Å². The number of nitrogens with one attached hydrogen (secondary N) is 2. The molecule has 3 heterocycles. The van der Waals surface area contributed by atoms with Crippen molar-refractivity contribution in [2.75, 3.05) is 24.1 Å². The van der Waals surface area contributed by atoms with Gasteiger partial charge in [-0.15, -0.1) is 0 Å². The first-order valence-corrected chi connectivity index (χ1v) is 9.38. The van der Waals surface area contributed by atoms with E-state index in [2.05, 4.69) is 15.7 Å². The van der Waals surface area contributed by atoms with Gasteiger partial charge in [-0.25, -0.2) is 0 Å². The molecular weight excluding hydrogens is 354 g/mol. The van der Waals surface area contributed by atoms with E-state index in [-0.39, 0.29) is 5.91 Å². The van der Waals surface area contributed by atoms with Crippen LogP contribution in [-0.4, -0.2) is 28.8 Å². The molecule has 0 radical (unpaired) electrons. The largest absolute Gasteiger partial charge is 0.457 e. The van der Waals surface area contributed by atoms with Gasteiger partial charge < -0.3 is 20.8 Å². The number of furan rings is 1. The molecule has 0 aliphatic carbocycles. The Hall–Kier alpha value is -3.32. The number of rotatable bonds is 5. The zero-order chi connectivity index (χ0) is 19.3. The Morgan fingerprint density at radius 3 is 2.89 bits per heavy atom. The predicted molar refractivity (Wildman–Crippen MR) is 110 cm³/mol. The number of piperidine rings is 1. The fraction of sp³-hybridized carbons (Fsp3) is 0.238. The van der Waals surface area contributed by atoms with Crippen LogP contribution in [-0.2, 0) is 4.79 Å². The molecule has 1 aliphatic rings. The second-order valence-corrected chi connectivity index (χ2v) is 6.80. The standard InChI is InChI=1S/C21H23N5O2/c22-18-3-1-2-4-19(18)25-21(27)8-6-17-5-7-20(28-17)15-13-24-26(14-15)16-9-11-23-12-10-16/h1-8,13-14,16,23H,9-12,22H2,(H,25,27). The third-order valence-corrected chi connectivity index (χ3v) is 4.81. The fourth-order valence-corrected chi connectivity index (χ4v) is 3.28. The molecule has 7 heteroatoms. The number of carbonyl (C=O) groups is 1. The molecule has 2 aromatic heterocycles. The van der Waals surface area contributed by atoms with Gasteiger partial charge in [0.15, 0.2) is 0 Å². The van der Waals surface area contributed by atoms with Crippen LogP contribution in [0.15, 0.2) is 59.3 Å². The lowest BCUT2D eigenvalue weighted by atomic mass is 10.1. The zero-order valence-electron chi connectivity index (χ0n) is 15.5. The minimum atomic E-state index is -0.269. The number of carbonyl (C=O) groups excluding carboxylic acids is 1. The van der Waals surface area contributed by atoms with E-state index < -0.39 is 0 Å². The topological polar surface area (TPSA) is 98.1 Å². The van der Waals surface area contributed by atoms with Crippen LogP contribution in [0.4, 0.5) is 11.4 Å². The maximum atomic E-state index is 12.1. The summed E-state index contributed by atoms with van der Waals surface area (Å²) in [5.41, 5.74) is 7.87. The van der Waals surface area contributed by atoms with Crippen molar-refractivity contribution >= 4 is 23.4 Å². The second-order valence-electron chi connectivity index (χ2n) is 6.80. The molecule has 1 saturated heterocycles. The average molecular weight is 377 g/mol. The summed E-state index contributed by atoms with van der Waals surface area (Å²) in [6.07, 6.45) is 9.05. The van der Waals surface area contributed by atoms with Gasteiger partial charge in [0.1, 0.15) is 11.5 Å². The molecule has 144 valence electrons. The highest BCUT2D eigenvalue weighted by Gasteiger charge is 2.16. The molecule has 0 atom stereocenters. The van der Waals surface area contributed by atoms with Crippen molar-refractivity contribution in [3.05, 3.63) is 60.6 Å². The summed E-state index contributed by atoms with van der Waals surface area (Å²) in [4.78, 5) is 12.1. The van der Waals surface area contributed by atoms with Crippen molar-refractivity contribution < 1.29 is 9.21 Å². The fourth-order valence-electron chi connectivity index (χ4n) is 3.28. The van der Waals surface area contributed by atoms with Gasteiger partial charge in [-0.2, -0.15) is 5.10 Å². The lowest BCUT2D eigenvalue weighted by molar-refractivity contribution is -0.111. The lowest BCUT2D eigenvalue weighted by Crippen LogP contribution is -2.29. The van der Waals surface area contributed by atoms with Crippen LogP contribution in [0.5, 0.6) is 0 Å². The van der Waals surface area contributed by atoms with Gasteiger partial charge in [0.2, 0.25) is 5.91 Å². The van der Waals surface area contributed by atoms with Crippen LogP contribution in [0, 0.1) is 0 Å². The van der Waals surface area contributed by atoms with Crippen molar-refractivity contribution in [2.24, 2.45) is 0 Å². The first kappa shape index (κ1) is 18.1. The summed E-state index contributed by atoms with van der Waals surface area (Å²) in [6.45, 7) is 2.04. The normalized spacial score (nSPS) is 15.1. The third-order valence-electron chi connectivity index (χ3n) is 4.81. The Kier molecular flexibility index (Phi) is 5.25. The molecule has 1 aliphatic heterocycles. The maximum Gasteiger partial charge on any atom is 0.248 e. The Morgan fingerprint density at radius 2 is 2.07 bits per heavy atom. The highest BCUT2D eigenvalue weighted by Crippen LogP contribution is 2.25. The predicted octanol–water partition coefficient (Wildman–Crippen LogP) is 3.30. The molecule has 3 aromatic rings. The molecule has 0 saturated carbocycles. The number of hydrogen-bond donors (Lipinski definition) is 3. The number of nitrogens with two attached hydrogens (primary N) is 1. The Morgan fingerprint density at radius 1 is 1.25 bits per heavy atom. The molecule has 0 bridgehead atoms. The molecule has 1 aromatic carbocycles. The number of anilines is 2. The molecule has 1 fully saturated rings. The average Bonchev–Trinajstić information content (AvgIpc) is 3.38. The van der Waals surface area contributed by atoms with Crippen LogP contribution in [0.25, 0.3) is 17.4 Å². The maximum absolute atomic E-state index is 12.1. The number of hydrogen-bond acceptors (Lipinski definition) is 5. The summed E-state index contributed by atoms with van der Waals surface area (Å²) in [5.74, 6) is 1.06. The first-order chi connectivity index (χ1) is 13.7. The highest BCUT2D eigenvalue weighted by atomic mass is 16.3.